The predicted octanol–water partition coefficient (Wildman–Crippen LogP) is 3.25. The van der Waals surface area contributed by atoms with Crippen LogP contribution in [0.5, 0.6) is 11.5 Å². The molecule has 1 N–H and O–H groups in total. The van der Waals surface area contributed by atoms with Crippen molar-refractivity contribution in [2.45, 2.75) is 6.42 Å². The van der Waals surface area contributed by atoms with Gasteiger partial charge in [0.15, 0.2) is 24.0 Å². The molecule has 0 saturated carbocycles. The lowest BCUT2D eigenvalue weighted by Gasteiger charge is -2.06. The van der Waals surface area contributed by atoms with Crippen molar-refractivity contribution in [1.29, 1.82) is 0 Å². The van der Waals surface area contributed by atoms with Gasteiger partial charge in [-0.05, 0) is 30.3 Å². The summed E-state index contributed by atoms with van der Waals surface area (Å²) in [6.45, 7) is -0.499. The van der Waals surface area contributed by atoms with Crippen molar-refractivity contribution in [1.82, 2.24) is 0 Å². The fourth-order valence-electron chi connectivity index (χ4n) is 2.48. The van der Waals surface area contributed by atoms with Gasteiger partial charge in [0.1, 0.15) is 11.3 Å². The zero-order valence-corrected chi connectivity index (χ0v) is 13.8. The lowest BCUT2D eigenvalue weighted by atomic mass is 10.1. The van der Waals surface area contributed by atoms with Crippen LogP contribution in [0.2, 0.25) is 0 Å². The number of furan rings is 1. The van der Waals surface area contributed by atoms with E-state index in [1.54, 1.807) is 6.07 Å². The lowest BCUT2D eigenvalue weighted by Crippen LogP contribution is -2.15. The number of Topliss-reactive ketones (excluding diaryl/α,β-unsaturated/α-hetero) is 1. The number of hydrogen-bond donors (Lipinski definition) is 1. The molecule has 1 heterocycles. The Labute approximate surface area is 147 Å². The Bertz CT molecular complexity index is 975. The minimum atomic E-state index is -0.669. The summed E-state index contributed by atoms with van der Waals surface area (Å²) in [5.41, 5.74) is 1.10. The Balaban J connectivity index is 1.61. The number of phenols is 1. The van der Waals surface area contributed by atoms with Crippen molar-refractivity contribution in [2.24, 2.45) is 0 Å². The van der Waals surface area contributed by atoms with Crippen molar-refractivity contribution >= 4 is 22.7 Å². The number of carbonyl (C=O) groups excluding carboxylic acids is 2. The first kappa shape index (κ1) is 17.5. The van der Waals surface area contributed by atoms with Crippen LogP contribution in [-0.4, -0.2) is 30.6 Å². The first-order valence-corrected chi connectivity index (χ1v) is 7.69. The van der Waals surface area contributed by atoms with Crippen molar-refractivity contribution in [2.75, 3.05) is 13.7 Å². The van der Waals surface area contributed by atoms with Gasteiger partial charge in [-0.3, -0.25) is 9.59 Å². The summed E-state index contributed by atoms with van der Waals surface area (Å²) in [6, 6.07) is 8.30. The van der Waals surface area contributed by atoms with Crippen LogP contribution in [0.1, 0.15) is 15.9 Å². The molecule has 0 radical (unpaired) electrons. The molecule has 0 saturated heterocycles. The summed E-state index contributed by atoms with van der Waals surface area (Å²) in [7, 11) is 1.32. The number of esters is 1. The second kappa shape index (κ2) is 7.26. The first-order chi connectivity index (χ1) is 12.5. The molecule has 0 spiro atoms. The molecule has 26 heavy (non-hydrogen) atoms. The fraction of sp³-hybridized carbons (Fsp3) is 0.158. The van der Waals surface area contributed by atoms with Gasteiger partial charge in [0.25, 0.3) is 0 Å². The predicted molar refractivity (Wildman–Crippen MR) is 89.8 cm³/mol. The molecule has 0 amide bonds. The number of ketones is 1. The van der Waals surface area contributed by atoms with Crippen molar-refractivity contribution in [3.05, 3.63) is 59.6 Å². The molecule has 2 aromatic carbocycles. The molecule has 0 aliphatic rings. The van der Waals surface area contributed by atoms with E-state index in [1.807, 2.05) is 0 Å². The highest BCUT2D eigenvalue weighted by atomic mass is 19.1. The maximum atomic E-state index is 13.6. The summed E-state index contributed by atoms with van der Waals surface area (Å²) in [5, 5.41) is 10.1. The molecule has 0 unspecified atom stereocenters. The second-order valence-corrected chi connectivity index (χ2v) is 5.55. The Kier molecular flexibility index (Phi) is 4.88. The van der Waals surface area contributed by atoms with Gasteiger partial charge < -0.3 is 19.0 Å². The average Bonchev–Trinajstić information content (AvgIpc) is 3.01. The van der Waals surface area contributed by atoms with Crippen LogP contribution in [0.25, 0.3) is 11.0 Å². The smallest absolute Gasteiger partial charge is 0.310 e. The Hall–Kier alpha value is -3.35. The van der Waals surface area contributed by atoms with Crippen molar-refractivity contribution in [3.63, 3.8) is 0 Å². The van der Waals surface area contributed by atoms with Gasteiger partial charge in [0.2, 0.25) is 0 Å². The Morgan fingerprint density at radius 1 is 1.19 bits per heavy atom. The van der Waals surface area contributed by atoms with Crippen molar-refractivity contribution < 1.29 is 33.0 Å². The largest absolute Gasteiger partial charge is 0.508 e. The average molecular weight is 358 g/mol. The number of halogens is 1. The number of phenolic OH excluding ortho intramolecular Hbond substituents is 1. The number of ether oxygens (including phenoxy) is 2. The van der Waals surface area contributed by atoms with Gasteiger partial charge in [-0.25, -0.2) is 4.39 Å². The van der Waals surface area contributed by atoms with Crippen LogP contribution in [0.15, 0.2) is 47.1 Å². The molecule has 6 nitrogen and oxygen atoms in total. The van der Waals surface area contributed by atoms with E-state index in [-0.39, 0.29) is 23.5 Å². The first-order valence-electron chi connectivity index (χ1n) is 7.69. The molecule has 1 aromatic heterocycles. The molecule has 134 valence electrons. The van der Waals surface area contributed by atoms with E-state index >= 15 is 0 Å². The molecule has 0 atom stereocenters. The van der Waals surface area contributed by atoms with Crippen LogP contribution in [0, 0.1) is 5.82 Å². The Morgan fingerprint density at radius 2 is 2.00 bits per heavy atom. The third kappa shape index (κ3) is 3.66. The van der Waals surface area contributed by atoms with Gasteiger partial charge >= 0.3 is 5.97 Å². The van der Waals surface area contributed by atoms with Gasteiger partial charge in [0.05, 0.1) is 19.8 Å². The SMILES string of the molecule is COc1ccc(C(=O)COC(=O)Cc2coc3cc(O)ccc23)cc1F. The van der Waals surface area contributed by atoms with E-state index in [4.69, 9.17) is 13.9 Å². The summed E-state index contributed by atoms with van der Waals surface area (Å²) >= 11 is 0. The molecule has 0 bridgehead atoms. The quantitative estimate of drug-likeness (QED) is 0.538. The minimum Gasteiger partial charge on any atom is -0.508 e. The van der Waals surface area contributed by atoms with E-state index in [0.29, 0.717) is 16.5 Å². The highest BCUT2D eigenvalue weighted by Crippen LogP contribution is 2.25. The fourth-order valence-corrected chi connectivity index (χ4v) is 2.48. The molecule has 0 aliphatic heterocycles. The summed E-state index contributed by atoms with van der Waals surface area (Å²) in [5.74, 6) is -1.74. The number of aromatic hydroxyl groups is 1. The maximum absolute atomic E-state index is 13.6. The topological polar surface area (TPSA) is 86.0 Å². The summed E-state index contributed by atoms with van der Waals surface area (Å²) < 4.78 is 28.6. The van der Waals surface area contributed by atoms with E-state index < -0.39 is 24.2 Å². The Morgan fingerprint density at radius 3 is 2.73 bits per heavy atom. The van der Waals surface area contributed by atoms with Crippen LogP contribution in [0.3, 0.4) is 0 Å². The molecular formula is C19H15FO6. The number of methoxy groups -OCH3 is 1. The second-order valence-electron chi connectivity index (χ2n) is 5.55. The normalized spacial score (nSPS) is 10.7. The zero-order chi connectivity index (χ0) is 18.7. The molecule has 0 fully saturated rings. The molecule has 3 aromatic rings. The molecule has 0 aliphatic carbocycles. The van der Waals surface area contributed by atoms with E-state index in [9.17, 15) is 19.1 Å². The molecule has 7 heteroatoms. The number of hydrogen-bond acceptors (Lipinski definition) is 6. The highest BCUT2D eigenvalue weighted by Gasteiger charge is 2.15. The summed E-state index contributed by atoms with van der Waals surface area (Å²) in [4.78, 5) is 24.0. The zero-order valence-electron chi connectivity index (χ0n) is 13.8. The van der Waals surface area contributed by atoms with E-state index in [2.05, 4.69) is 0 Å². The monoisotopic (exact) mass is 358 g/mol. The standard InChI is InChI=1S/C19H15FO6/c1-24-17-5-2-11(6-15(17)20)16(22)10-26-19(23)7-12-9-25-18-8-13(21)3-4-14(12)18/h2-6,8-9,21H,7,10H2,1H3. The van der Waals surface area contributed by atoms with E-state index in [1.165, 1.54) is 37.6 Å². The number of carbonyl (C=O) groups is 2. The van der Waals surface area contributed by atoms with Crippen LogP contribution in [0.4, 0.5) is 4.39 Å². The molecule has 3 rings (SSSR count). The van der Waals surface area contributed by atoms with Crippen LogP contribution >= 0.6 is 0 Å². The third-order valence-corrected chi connectivity index (χ3v) is 3.81. The maximum Gasteiger partial charge on any atom is 0.310 e. The van der Waals surface area contributed by atoms with Crippen LogP contribution in [-0.2, 0) is 16.0 Å². The lowest BCUT2D eigenvalue weighted by molar-refractivity contribution is -0.141. The number of rotatable bonds is 6. The number of benzene rings is 2. The third-order valence-electron chi connectivity index (χ3n) is 3.81. The van der Waals surface area contributed by atoms with Gasteiger partial charge in [-0.15, -0.1) is 0 Å². The van der Waals surface area contributed by atoms with Gasteiger partial charge in [-0.2, -0.15) is 0 Å². The van der Waals surface area contributed by atoms with Crippen LogP contribution < -0.4 is 4.74 Å². The minimum absolute atomic E-state index is 0.0245. The summed E-state index contributed by atoms with van der Waals surface area (Å²) in [6.07, 6.45) is 1.30. The van der Waals surface area contributed by atoms with E-state index in [0.717, 1.165) is 6.07 Å². The van der Waals surface area contributed by atoms with Gasteiger partial charge in [-0.1, -0.05) is 0 Å². The highest BCUT2D eigenvalue weighted by molar-refractivity contribution is 5.98. The number of fused-ring (bicyclic) bond motifs is 1. The van der Waals surface area contributed by atoms with Crippen molar-refractivity contribution in [3.8, 4) is 11.5 Å². The molecular weight excluding hydrogens is 343 g/mol. The van der Waals surface area contributed by atoms with Gasteiger partial charge in [0, 0.05) is 22.6 Å².